The van der Waals surface area contributed by atoms with Crippen molar-refractivity contribution in [1.82, 2.24) is 5.32 Å². The molecule has 0 unspecified atom stereocenters. The van der Waals surface area contributed by atoms with E-state index in [0.29, 0.717) is 5.75 Å². The number of phenolic OH excluding ortho intramolecular Hbond substituents is 1. The number of rotatable bonds is 5. The van der Waals surface area contributed by atoms with Gasteiger partial charge in [0.2, 0.25) is 0 Å². The average Bonchev–Trinajstić information content (AvgIpc) is 2.28. The van der Waals surface area contributed by atoms with Crippen LogP contribution in [0.1, 0.15) is 30.6 Å². The van der Waals surface area contributed by atoms with Crippen LogP contribution in [0.3, 0.4) is 0 Å². The Labute approximate surface area is 115 Å². The van der Waals surface area contributed by atoms with E-state index < -0.39 is 0 Å². The molecule has 0 fully saturated rings. The molecular weight excluding hydrogens is 298 g/mol. The summed E-state index contributed by atoms with van der Waals surface area (Å²) in [5.41, 5.74) is -0.118. The number of carbonyl (C=O) groups is 1. The van der Waals surface area contributed by atoms with Crippen molar-refractivity contribution in [3.05, 3.63) is 23.8 Å². The highest BCUT2D eigenvalue weighted by Crippen LogP contribution is 2.23. The van der Waals surface area contributed by atoms with Crippen LogP contribution < -0.4 is 10.1 Å². The Hall–Kier alpha value is -1.23. The molecule has 0 aliphatic carbocycles. The van der Waals surface area contributed by atoms with Crippen LogP contribution in [0.15, 0.2) is 18.2 Å². The lowest BCUT2D eigenvalue weighted by atomic mass is 10.0. The van der Waals surface area contributed by atoms with E-state index in [4.69, 9.17) is 4.74 Å². The zero-order chi connectivity index (χ0) is 13.8. The fraction of sp³-hybridized carbons (Fsp3) is 0.462. The maximum atomic E-state index is 12.1. The van der Waals surface area contributed by atoms with E-state index in [0.717, 1.165) is 11.8 Å². The van der Waals surface area contributed by atoms with Gasteiger partial charge in [-0.3, -0.25) is 4.79 Å². The number of halogens is 1. The zero-order valence-corrected chi connectivity index (χ0v) is 12.4. The molecule has 0 saturated heterocycles. The minimum absolute atomic E-state index is 0.0528. The minimum Gasteiger partial charge on any atom is -0.507 e. The van der Waals surface area contributed by atoms with Crippen LogP contribution in [0, 0.1) is 0 Å². The number of ether oxygens (including phenoxy) is 1. The molecule has 1 aromatic carbocycles. The molecule has 0 aliphatic heterocycles. The van der Waals surface area contributed by atoms with Crippen molar-refractivity contribution < 1.29 is 14.6 Å². The number of alkyl halides is 1. The summed E-state index contributed by atoms with van der Waals surface area (Å²) in [6, 6.07) is 4.58. The Kier molecular flexibility index (Phi) is 5.02. The van der Waals surface area contributed by atoms with E-state index in [1.807, 2.05) is 13.8 Å². The molecule has 0 aromatic heterocycles. The van der Waals surface area contributed by atoms with E-state index in [2.05, 4.69) is 21.2 Å². The van der Waals surface area contributed by atoms with Gasteiger partial charge in [0.15, 0.2) is 0 Å². The first-order valence-corrected chi connectivity index (χ1v) is 6.77. The molecule has 0 bridgehead atoms. The zero-order valence-electron chi connectivity index (χ0n) is 10.8. The molecule has 1 aromatic rings. The third-order valence-corrected chi connectivity index (χ3v) is 3.02. The SMILES string of the molecule is COc1ccc(O)c(C(=O)NC(C)(C)CCBr)c1. The number of hydrogen-bond donors (Lipinski definition) is 2. The van der Waals surface area contributed by atoms with Gasteiger partial charge >= 0.3 is 0 Å². The predicted octanol–water partition coefficient (Wildman–Crippen LogP) is 2.69. The largest absolute Gasteiger partial charge is 0.507 e. The molecule has 4 nitrogen and oxygen atoms in total. The van der Waals surface area contributed by atoms with Crippen LogP contribution in [0.4, 0.5) is 0 Å². The van der Waals surface area contributed by atoms with Crippen LogP contribution in [-0.2, 0) is 0 Å². The number of hydrogen-bond acceptors (Lipinski definition) is 3. The fourth-order valence-corrected chi connectivity index (χ4v) is 2.49. The fourth-order valence-electron chi connectivity index (χ4n) is 1.50. The average molecular weight is 316 g/mol. The first kappa shape index (κ1) is 14.8. The minimum atomic E-state index is -0.337. The number of benzene rings is 1. The second-order valence-electron chi connectivity index (χ2n) is 4.66. The van der Waals surface area contributed by atoms with Crippen LogP contribution in [-0.4, -0.2) is 29.0 Å². The molecule has 0 atom stereocenters. The summed E-state index contributed by atoms with van der Waals surface area (Å²) in [6.07, 6.45) is 0.795. The number of methoxy groups -OCH3 is 1. The molecule has 0 aliphatic rings. The van der Waals surface area contributed by atoms with Gasteiger partial charge in [-0.25, -0.2) is 0 Å². The summed E-state index contributed by atoms with van der Waals surface area (Å²) in [6.45, 7) is 3.87. The Morgan fingerprint density at radius 3 is 2.72 bits per heavy atom. The van der Waals surface area contributed by atoms with Gasteiger partial charge < -0.3 is 15.2 Å². The van der Waals surface area contributed by atoms with Crippen molar-refractivity contribution in [3.63, 3.8) is 0 Å². The van der Waals surface area contributed by atoms with E-state index in [9.17, 15) is 9.90 Å². The second-order valence-corrected chi connectivity index (χ2v) is 5.45. The van der Waals surface area contributed by atoms with E-state index in [-0.39, 0.29) is 22.8 Å². The lowest BCUT2D eigenvalue weighted by Gasteiger charge is -2.25. The smallest absolute Gasteiger partial charge is 0.255 e. The van der Waals surface area contributed by atoms with Gasteiger partial charge in [-0.15, -0.1) is 0 Å². The lowest BCUT2D eigenvalue weighted by molar-refractivity contribution is 0.0909. The third-order valence-electron chi connectivity index (χ3n) is 2.62. The number of amides is 1. The number of aromatic hydroxyl groups is 1. The van der Waals surface area contributed by atoms with Gasteiger partial charge in [-0.1, -0.05) is 15.9 Å². The summed E-state index contributed by atoms with van der Waals surface area (Å²) in [5, 5.41) is 13.4. The van der Waals surface area contributed by atoms with Gasteiger partial charge in [-0.2, -0.15) is 0 Å². The lowest BCUT2D eigenvalue weighted by Crippen LogP contribution is -2.43. The second kappa shape index (κ2) is 6.09. The molecule has 1 rings (SSSR count). The molecule has 2 N–H and O–H groups in total. The molecule has 1 amide bonds. The van der Waals surface area contributed by atoms with Crippen molar-refractivity contribution in [1.29, 1.82) is 0 Å². The van der Waals surface area contributed by atoms with Crippen molar-refractivity contribution in [2.75, 3.05) is 12.4 Å². The van der Waals surface area contributed by atoms with E-state index in [1.165, 1.54) is 19.2 Å². The van der Waals surface area contributed by atoms with Gasteiger partial charge in [0, 0.05) is 10.9 Å². The molecular formula is C13H18BrNO3. The van der Waals surface area contributed by atoms with Gasteiger partial charge in [-0.05, 0) is 38.5 Å². The standard InChI is InChI=1S/C13H18BrNO3/c1-13(2,6-7-14)15-12(17)10-8-9(18-3)4-5-11(10)16/h4-5,8,16H,6-7H2,1-3H3,(H,15,17). The Morgan fingerprint density at radius 1 is 1.50 bits per heavy atom. The van der Waals surface area contributed by atoms with Crippen molar-refractivity contribution in [2.24, 2.45) is 0 Å². The van der Waals surface area contributed by atoms with Gasteiger partial charge in [0.05, 0.1) is 12.7 Å². The predicted molar refractivity (Wildman–Crippen MR) is 74.6 cm³/mol. The Bertz CT molecular complexity index is 432. The van der Waals surface area contributed by atoms with Crippen molar-refractivity contribution >= 4 is 21.8 Å². The van der Waals surface area contributed by atoms with Crippen LogP contribution in [0.2, 0.25) is 0 Å². The summed E-state index contributed by atoms with van der Waals surface area (Å²) in [4.78, 5) is 12.1. The summed E-state index contributed by atoms with van der Waals surface area (Å²) in [7, 11) is 1.52. The molecule has 0 radical (unpaired) electrons. The third kappa shape index (κ3) is 3.91. The van der Waals surface area contributed by atoms with E-state index in [1.54, 1.807) is 6.07 Å². The topological polar surface area (TPSA) is 58.6 Å². The maximum Gasteiger partial charge on any atom is 0.255 e. The summed E-state index contributed by atoms with van der Waals surface area (Å²) >= 11 is 3.35. The van der Waals surface area contributed by atoms with Crippen LogP contribution in [0.25, 0.3) is 0 Å². The summed E-state index contributed by atoms with van der Waals surface area (Å²) < 4.78 is 5.04. The monoisotopic (exact) mass is 315 g/mol. The number of nitrogens with one attached hydrogen (secondary N) is 1. The number of carbonyl (C=O) groups excluding carboxylic acids is 1. The van der Waals surface area contributed by atoms with Crippen molar-refractivity contribution in [2.45, 2.75) is 25.8 Å². The first-order valence-electron chi connectivity index (χ1n) is 5.65. The molecule has 100 valence electrons. The highest BCUT2D eigenvalue weighted by molar-refractivity contribution is 9.09. The van der Waals surface area contributed by atoms with E-state index >= 15 is 0 Å². The normalized spacial score (nSPS) is 11.1. The summed E-state index contributed by atoms with van der Waals surface area (Å²) in [5.74, 6) is 0.177. The van der Waals surface area contributed by atoms with Crippen molar-refractivity contribution in [3.8, 4) is 11.5 Å². The van der Waals surface area contributed by atoms with Crippen LogP contribution in [0.5, 0.6) is 11.5 Å². The highest BCUT2D eigenvalue weighted by Gasteiger charge is 2.22. The first-order chi connectivity index (χ1) is 8.39. The molecule has 5 heteroatoms. The Balaban J connectivity index is 2.90. The van der Waals surface area contributed by atoms with Gasteiger partial charge in [0.25, 0.3) is 5.91 Å². The Morgan fingerprint density at radius 2 is 2.17 bits per heavy atom. The molecule has 0 spiro atoms. The maximum absolute atomic E-state index is 12.1. The van der Waals surface area contributed by atoms with Gasteiger partial charge in [0.1, 0.15) is 11.5 Å². The molecule has 0 heterocycles. The number of phenols is 1. The quantitative estimate of drug-likeness (QED) is 0.821. The molecule has 0 saturated carbocycles. The van der Waals surface area contributed by atoms with Crippen LogP contribution >= 0.6 is 15.9 Å². The molecule has 18 heavy (non-hydrogen) atoms. The highest BCUT2D eigenvalue weighted by atomic mass is 79.9.